The van der Waals surface area contributed by atoms with Crippen molar-refractivity contribution in [3.05, 3.63) is 48.2 Å². The molecule has 0 saturated carbocycles. The van der Waals surface area contributed by atoms with E-state index in [1.807, 2.05) is 49.3 Å². The minimum atomic E-state index is 0. The van der Waals surface area contributed by atoms with E-state index in [1.165, 1.54) is 0 Å². The van der Waals surface area contributed by atoms with Gasteiger partial charge in [-0.15, -0.1) is 24.0 Å². The van der Waals surface area contributed by atoms with Crippen LogP contribution >= 0.6 is 24.0 Å². The zero-order valence-corrected chi connectivity index (χ0v) is 18.6. The van der Waals surface area contributed by atoms with Crippen molar-refractivity contribution in [2.75, 3.05) is 46.3 Å². The van der Waals surface area contributed by atoms with Crippen LogP contribution in [0.1, 0.15) is 5.56 Å². The van der Waals surface area contributed by atoms with Gasteiger partial charge in [-0.2, -0.15) is 0 Å². The van der Waals surface area contributed by atoms with Crippen LogP contribution in [0.2, 0.25) is 0 Å². The van der Waals surface area contributed by atoms with Gasteiger partial charge in [-0.05, 0) is 30.3 Å². The molecule has 0 aliphatic carbocycles. The minimum Gasteiger partial charge on any atom is -0.497 e. The summed E-state index contributed by atoms with van der Waals surface area (Å²) >= 11 is 0. The number of halogens is 1. The van der Waals surface area contributed by atoms with Crippen LogP contribution in [0, 0.1) is 0 Å². The number of anilines is 1. The average molecular weight is 485 g/mol. The Labute approximate surface area is 178 Å². The largest absolute Gasteiger partial charge is 0.497 e. The summed E-state index contributed by atoms with van der Waals surface area (Å²) in [5.41, 5.74) is 1.11. The standard InChI is InChI=1S/C19H27N5O2.HI/c1-20-19(23-14-15-6-5-11-21-18(15)24(2)3)22-12-13-26-17-9-7-16(25-4)8-10-17;/h5-11H,12-14H2,1-4H3,(H2,20,22,23);1H. The Hall–Kier alpha value is -2.23. The number of guanidine groups is 1. The number of aromatic nitrogens is 1. The minimum absolute atomic E-state index is 0. The molecule has 7 nitrogen and oxygen atoms in total. The van der Waals surface area contributed by atoms with Crippen LogP contribution in [0.5, 0.6) is 11.5 Å². The molecule has 0 amide bonds. The van der Waals surface area contributed by atoms with Gasteiger partial charge in [0.15, 0.2) is 5.96 Å². The molecular formula is C19H28IN5O2. The number of pyridine rings is 1. The van der Waals surface area contributed by atoms with Crippen LogP contribution in [0.4, 0.5) is 5.82 Å². The highest BCUT2D eigenvalue weighted by Crippen LogP contribution is 2.16. The van der Waals surface area contributed by atoms with Crippen molar-refractivity contribution < 1.29 is 9.47 Å². The monoisotopic (exact) mass is 485 g/mol. The van der Waals surface area contributed by atoms with Crippen LogP contribution in [0.25, 0.3) is 0 Å². The molecule has 0 unspecified atom stereocenters. The number of hydrogen-bond donors (Lipinski definition) is 2. The molecule has 0 saturated heterocycles. The molecule has 1 aromatic carbocycles. The first-order valence-electron chi connectivity index (χ1n) is 8.46. The number of methoxy groups -OCH3 is 1. The zero-order chi connectivity index (χ0) is 18.8. The maximum atomic E-state index is 5.70. The number of aliphatic imine (C=N–C) groups is 1. The molecule has 2 rings (SSSR count). The van der Waals surface area contributed by atoms with Crippen molar-refractivity contribution in [3.63, 3.8) is 0 Å². The number of rotatable bonds is 8. The molecule has 1 heterocycles. The summed E-state index contributed by atoms with van der Waals surface area (Å²) in [4.78, 5) is 10.6. The Bertz CT molecular complexity index is 708. The second kappa shape index (κ2) is 12.2. The van der Waals surface area contributed by atoms with Gasteiger partial charge in [-0.3, -0.25) is 4.99 Å². The third kappa shape index (κ3) is 7.49. The molecule has 0 bridgehead atoms. The van der Waals surface area contributed by atoms with Crippen LogP contribution in [-0.2, 0) is 6.54 Å². The van der Waals surface area contributed by atoms with E-state index in [0.717, 1.165) is 28.8 Å². The summed E-state index contributed by atoms with van der Waals surface area (Å²) in [6, 6.07) is 11.5. The summed E-state index contributed by atoms with van der Waals surface area (Å²) in [6.45, 7) is 1.81. The lowest BCUT2D eigenvalue weighted by Gasteiger charge is -2.17. The van der Waals surface area contributed by atoms with E-state index in [9.17, 15) is 0 Å². The van der Waals surface area contributed by atoms with Crippen LogP contribution < -0.4 is 25.0 Å². The predicted octanol–water partition coefficient (Wildman–Crippen LogP) is 2.52. The van der Waals surface area contributed by atoms with Crippen molar-refractivity contribution >= 4 is 35.8 Å². The molecule has 1 aromatic heterocycles. The topological polar surface area (TPSA) is 71.0 Å². The highest BCUT2D eigenvalue weighted by molar-refractivity contribution is 14.0. The third-order valence-electron chi connectivity index (χ3n) is 3.68. The molecule has 2 aromatic rings. The molecule has 2 N–H and O–H groups in total. The van der Waals surface area contributed by atoms with E-state index in [4.69, 9.17) is 9.47 Å². The summed E-state index contributed by atoms with van der Waals surface area (Å²) in [6.07, 6.45) is 1.79. The van der Waals surface area contributed by atoms with E-state index in [2.05, 4.69) is 26.7 Å². The fraction of sp³-hybridized carbons (Fsp3) is 0.368. The van der Waals surface area contributed by atoms with Gasteiger partial charge in [0.25, 0.3) is 0 Å². The fourth-order valence-electron chi connectivity index (χ4n) is 2.38. The lowest BCUT2D eigenvalue weighted by Crippen LogP contribution is -2.39. The third-order valence-corrected chi connectivity index (χ3v) is 3.68. The molecule has 0 spiro atoms. The quantitative estimate of drug-likeness (QED) is 0.259. The first-order chi connectivity index (χ1) is 12.6. The summed E-state index contributed by atoms with van der Waals surface area (Å²) < 4.78 is 10.8. The number of nitrogens with one attached hydrogen (secondary N) is 2. The molecule has 8 heteroatoms. The van der Waals surface area contributed by atoms with E-state index in [1.54, 1.807) is 20.4 Å². The second-order valence-corrected chi connectivity index (χ2v) is 5.76. The van der Waals surface area contributed by atoms with Crippen molar-refractivity contribution in [1.82, 2.24) is 15.6 Å². The molecule has 148 valence electrons. The van der Waals surface area contributed by atoms with Crippen molar-refractivity contribution in [1.29, 1.82) is 0 Å². The van der Waals surface area contributed by atoms with Gasteiger partial charge < -0.3 is 25.0 Å². The van der Waals surface area contributed by atoms with Crippen molar-refractivity contribution in [3.8, 4) is 11.5 Å². The summed E-state index contributed by atoms with van der Waals surface area (Å²) in [5, 5.41) is 6.53. The van der Waals surface area contributed by atoms with Gasteiger partial charge in [-0.1, -0.05) is 6.07 Å². The highest BCUT2D eigenvalue weighted by Gasteiger charge is 2.06. The zero-order valence-electron chi connectivity index (χ0n) is 16.2. The highest BCUT2D eigenvalue weighted by atomic mass is 127. The molecule has 0 aliphatic rings. The molecule has 0 aliphatic heterocycles. The van der Waals surface area contributed by atoms with Gasteiger partial charge in [0.2, 0.25) is 0 Å². The Kier molecular flexibility index (Phi) is 10.3. The Balaban J connectivity index is 0.00000364. The Morgan fingerprint density at radius 1 is 1.11 bits per heavy atom. The van der Waals surface area contributed by atoms with Gasteiger partial charge in [-0.25, -0.2) is 4.98 Å². The normalized spacial score (nSPS) is 10.6. The molecule has 0 radical (unpaired) electrons. The smallest absolute Gasteiger partial charge is 0.191 e. The molecule has 27 heavy (non-hydrogen) atoms. The average Bonchev–Trinajstić information content (AvgIpc) is 2.68. The maximum Gasteiger partial charge on any atom is 0.191 e. The van der Waals surface area contributed by atoms with Gasteiger partial charge >= 0.3 is 0 Å². The lowest BCUT2D eigenvalue weighted by molar-refractivity contribution is 0.321. The molecule has 0 atom stereocenters. The molecular weight excluding hydrogens is 457 g/mol. The van der Waals surface area contributed by atoms with Crippen molar-refractivity contribution in [2.45, 2.75) is 6.54 Å². The van der Waals surface area contributed by atoms with Crippen LogP contribution in [-0.4, -0.2) is 52.3 Å². The van der Waals surface area contributed by atoms with Crippen LogP contribution in [0.3, 0.4) is 0 Å². The maximum absolute atomic E-state index is 5.70. The predicted molar refractivity (Wildman–Crippen MR) is 121 cm³/mol. The number of ether oxygens (including phenoxy) is 2. The van der Waals surface area contributed by atoms with Crippen LogP contribution in [0.15, 0.2) is 47.6 Å². The van der Waals surface area contributed by atoms with Gasteiger partial charge in [0, 0.05) is 39.4 Å². The Morgan fingerprint density at radius 3 is 2.44 bits per heavy atom. The van der Waals surface area contributed by atoms with E-state index < -0.39 is 0 Å². The van der Waals surface area contributed by atoms with E-state index in [-0.39, 0.29) is 24.0 Å². The number of benzene rings is 1. The summed E-state index contributed by atoms with van der Waals surface area (Å²) in [5.74, 6) is 3.28. The first-order valence-corrected chi connectivity index (χ1v) is 8.46. The van der Waals surface area contributed by atoms with Gasteiger partial charge in [0.05, 0.1) is 13.7 Å². The Morgan fingerprint density at radius 2 is 1.81 bits per heavy atom. The summed E-state index contributed by atoms with van der Waals surface area (Å²) in [7, 11) is 7.35. The SMILES string of the molecule is CN=C(NCCOc1ccc(OC)cc1)NCc1cccnc1N(C)C.I. The fourth-order valence-corrected chi connectivity index (χ4v) is 2.38. The number of nitrogens with zero attached hydrogens (tertiary/aromatic N) is 3. The lowest BCUT2D eigenvalue weighted by atomic mass is 10.2. The van der Waals surface area contributed by atoms with E-state index >= 15 is 0 Å². The van der Waals surface area contributed by atoms with E-state index in [0.29, 0.717) is 19.7 Å². The second-order valence-electron chi connectivity index (χ2n) is 5.76. The van der Waals surface area contributed by atoms with Crippen molar-refractivity contribution in [2.24, 2.45) is 4.99 Å². The number of hydrogen-bond acceptors (Lipinski definition) is 5. The van der Waals surface area contributed by atoms with Gasteiger partial charge in [0.1, 0.15) is 23.9 Å². The molecule has 0 fully saturated rings. The first kappa shape index (κ1) is 22.8.